The minimum absolute atomic E-state index is 0.876. The van der Waals surface area contributed by atoms with E-state index in [1.54, 1.807) is 0 Å². The van der Waals surface area contributed by atoms with Gasteiger partial charge in [0.1, 0.15) is 0 Å². The van der Waals surface area contributed by atoms with E-state index in [1.807, 2.05) is 36.7 Å². The summed E-state index contributed by atoms with van der Waals surface area (Å²) < 4.78 is 0. The summed E-state index contributed by atoms with van der Waals surface area (Å²) in [5, 5.41) is 5.05. The lowest BCUT2D eigenvalue weighted by Gasteiger charge is -2.18. The van der Waals surface area contributed by atoms with Crippen molar-refractivity contribution in [1.29, 1.82) is 0 Å². The predicted octanol–water partition coefficient (Wildman–Crippen LogP) is 9.45. The Morgan fingerprint density at radius 3 is 1.42 bits per heavy atom. The second-order valence-corrected chi connectivity index (χ2v) is 9.40. The van der Waals surface area contributed by atoms with Crippen molar-refractivity contribution in [1.82, 2.24) is 9.97 Å². The molecule has 0 fully saturated rings. The fraction of sp³-hybridized carbons (Fsp3) is 0. The van der Waals surface area contributed by atoms with Crippen LogP contribution in [-0.4, -0.2) is 9.97 Å². The van der Waals surface area contributed by atoms with E-state index in [9.17, 15) is 0 Å². The van der Waals surface area contributed by atoms with Gasteiger partial charge in [0.05, 0.1) is 11.4 Å². The molecular weight excluding hydrogens is 460 g/mol. The first-order valence-electron chi connectivity index (χ1n) is 12.8. The molecule has 0 aliphatic heterocycles. The summed E-state index contributed by atoms with van der Waals surface area (Å²) in [6, 6.07) is 47.2. The number of hydrogen-bond donors (Lipinski definition) is 0. The van der Waals surface area contributed by atoms with Crippen molar-refractivity contribution in [2.75, 3.05) is 0 Å². The second-order valence-electron chi connectivity index (χ2n) is 9.40. The fourth-order valence-electron chi connectivity index (χ4n) is 5.52. The van der Waals surface area contributed by atoms with Crippen molar-refractivity contribution in [3.8, 4) is 44.8 Å². The van der Waals surface area contributed by atoms with Gasteiger partial charge in [-0.3, -0.25) is 9.97 Å². The Labute approximate surface area is 221 Å². The lowest BCUT2D eigenvalue weighted by molar-refractivity contribution is 1.25. The van der Waals surface area contributed by atoms with Gasteiger partial charge in [0.15, 0.2) is 0 Å². The molecule has 0 unspecified atom stereocenters. The maximum atomic E-state index is 4.66. The lowest BCUT2D eigenvalue weighted by atomic mass is 9.85. The SMILES string of the molecule is c1ccc(-c2c3ccccc3c(-c3ccc(-c4cccnc4-c4ccccn4)cc3)c3ccccc23)cc1. The highest BCUT2D eigenvalue weighted by atomic mass is 14.8. The molecule has 2 heterocycles. The average molecular weight is 485 g/mol. The number of aromatic nitrogens is 2. The first-order chi connectivity index (χ1) is 18.9. The van der Waals surface area contributed by atoms with Gasteiger partial charge in [0, 0.05) is 18.0 Å². The molecule has 0 N–H and O–H groups in total. The van der Waals surface area contributed by atoms with E-state index in [-0.39, 0.29) is 0 Å². The van der Waals surface area contributed by atoms with E-state index in [1.165, 1.54) is 43.8 Å². The van der Waals surface area contributed by atoms with Crippen molar-refractivity contribution >= 4 is 21.5 Å². The highest BCUT2D eigenvalue weighted by Crippen LogP contribution is 2.43. The Kier molecular flexibility index (Phi) is 5.49. The van der Waals surface area contributed by atoms with E-state index in [2.05, 4.69) is 119 Å². The highest BCUT2D eigenvalue weighted by molar-refractivity contribution is 6.21. The topological polar surface area (TPSA) is 25.8 Å². The molecule has 0 spiro atoms. The smallest absolute Gasteiger partial charge is 0.0964 e. The number of nitrogens with zero attached hydrogens (tertiary/aromatic N) is 2. The molecule has 0 saturated carbocycles. The zero-order chi connectivity index (χ0) is 25.3. The van der Waals surface area contributed by atoms with Crippen LogP contribution in [0.5, 0.6) is 0 Å². The van der Waals surface area contributed by atoms with Crippen LogP contribution in [0.4, 0.5) is 0 Å². The lowest BCUT2D eigenvalue weighted by Crippen LogP contribution is -1.92. The maximum Gasteiger partial charge on any atom is 0.0964 e. The summed E-state index contributed by atoms with van der Waals surface area (Å²) in [4.78, 5) is 9.20. The molecule has 0 atom stereocenters. The minimum Gasteiger partial charge on any atom is -0.255 e. The molecule has 0 aliphatic carbocycles. The third kappa shape index (κ3) is 3.75. The normalized spacial score (nSPS) is 11.2. The standard InChI is InChI=1S/C36H24N2/c1-2-11-26(12-3-1)34-29-13-4-6-15-31(29)35(32-16-7-5-14-30(32)34)27-21-19-25(20-22-27)28-17-10-24-38-36(28)33-18-8-9-23-37-33/h1-24H. The molecular formula is C36H24N2. The first kappa shape index (κ1) is 22.1. The molecule has 0 aliphatic rings. The van der Waals surface area contributed by atoms with Crippen molar-refractivity contribution < 1.29 is 0 Å². The predicted molar refractivity (Wildman–Crippen MR) is 159 cm³/mol. The van der Waals surface area contributed by atoms with E-state index in [4.69, 9.17) is 0 Å². The third-order valence-electron chi connectivity index (χ3n) is 7.19. The highest BCUT2D eigenvalue weighted by Gasteiger charge is 2.16. The van der Waals surface area contributed by atoms with E-state index in [0.29, 0.717) is 0 Å². The Hall–Kier alpha value is -5.08. The van der Waals surface area contributed by atoms with Crippen molar-refractivity contribution in [3.63, 3.8) is 0 Å². The van der Waals surface area contributed by atoms with Gasteiger partial charge in [-0.05, 0) is 67.6 Å². The van der Waals surface area contributed by atoms with Crippen LogP contribution in [0.3, 0.4) is 0 Å². The summed E-state index contributed by atoms with van der Waals surface area (Å²) >= 11 is 0. The molecule has 5 aromatic carbocycles. The summed E-state index contributed by atoms with van der Waals surface area (Å²) in [5.74, 6) is 0. The van der Waals surface area contributed by atoms with Gasteiger partial charge in [-0.1, -0.05) is 115 Å². The van der Waals surface area contributed by atoms with Crippen LogP contribution in [0.2, 0.25) is 0 Å². The van der Waals surface area contributed by atoms with Crippen molar-refractivity contribution in [2.24, 2.45) is 0 Å². The molecule has 2 aromatic heterocycles. The Bertz CT molecular complexity index is 1830. The van der Waals surface area contributed by atoms with E-state index < -0.39 is 0 Å². The third-order valence-corrected chi connectivity index (χ3v) is 7.19. The van der Waals surface area contributed by atoms with Gasteiger partial charge in [-0.25, -0.2) is 0 Å². The Morgan fingerprint density at radius 2 is 0.842 bits per heavy atom. The summed E-state index contributed by atoms with van der Waals surface area (Å²) in [6.07, 6.45) is 3.64. The number of rotatable bonds is 4. The first-order valence-corrected chi connectivity index (χ1v) is 12.8. The minimum atomic E-state index is 0.876. The number of pyridine rings is 2. The zero-order valence-electron chi connectivity index (χ0n) is 20.8. The molecule has 7 aromatic rings. The number of benzene rings is 5. The van der Waals surface area contributed by atoms with E-state index >= 15 is 0 Å². The fourth-order valence-corrected chi connectivity index (χ4v) is 5.52. The molecule has 0 saturated heterocycles. The van der Waals surface area contributed by atoms with Crippen LogP contribution in [0, 0.1) is 0 Å². The molecule has 0 bridgehead atoms. The molecule has 178 valence electrons. The van der Waals surface area contributed by atoms with Crippen molar-refractivity contribution in [3.05, 3.63) is 146 Å². The molecule has 38 heavy (non-hydrogen) atoms. The van der Waals surface area contributed by atoms with Gasteiger partial charge in [-0.2, -0.15) is 0 Å². The van der Waals surface area contributed by atoms with Crippen LogP contribution in [0.15, 0.2) is 146 Å². The molecule has 2 heteroatoms. The average Bonchev–Trinajstić information content (AvgIpc) is 3.01. The molecule has 0 amide bonds. The summed E-state index contributed by atoms with van der Waals surface area (Å²) in [7, 11) is 0. The van der Waals surface area contributed by atoms with E-state index in [0.717, 1.165) is 22.5 Å². The quantitative estimate of drug-likeness (QED) is 0.233. The van der Waals surface area contributed by atoms with Gasteiger partial charge in [-0.15, -0.1) is 0 Å². The molecule has 0 radical (unpaired) electrons. The van der Waals surface area contributed by atoms with Gasteiger partial charge >= 0.3 is 0 Å². The number of hydrogen-bond acceptors (Lipinski definition) is 2. The van der Waals surface area contributed by atoms with Crippen LogP contribution >= 0.6 is 0 Å². The van der Waals surface area contributed by atoms with Crippen LogP contribution in [-0.2, 0) is 0 Å². The number of fused-ring (bicyclic) bond motifs is 2. The van der Waals surface area contributed by atoms with Gasteiger partial charge in [0.2, 0.25) is 0 Å². The molecule has 7 rings (SSSR count). The maximum absolute atomic E-state index is 4.66. The van der Waals surface area contributed by atoms with Crippen molar-refractivity contribution in [2.45, 2.75) is 0 Å². The Morgan fingerprint density at radius 1 is 0.342 bits per heavy atom. The monoisotopic (exact) mass is 484 g/mol. The Balaban J connectivity index is 1.43. The summed E-state index contributed by atoms with van der Waals surface area (Å²) in [5.41, 5.74) is 8.95. The van der Waals surface area contributed by atoms with Crippen LogP contribution < -0.4 is 0 Å². The zero-order valence-corrected chi connectivity index (χ0v) is 20.8. The summed E-state index contributed by atoms with van der Waals surface area (Å²) in [6.45, 7) is 0. The van der Waals surface area contributed by atoms with Gasteiger partial charge in [0.25, 0.3) is 0 Å². The molecule has 2 nitrogen and oxygen atoms in total. The second kappa shape index (κ2) is 9.42. The van der Waals surface area contributed by atoms with Crippen LogP contribution in [0.1, 0.15) is 0 Å². The van der Waals surface area contributed by atoms with Gasteiger partial charge < -0.3 is 0 Å². The van der Waals surface area contributed by atoms with Crippen LogP contribution in [0.25, 0.3) is 66.3 Å². The largest absolute Gasteiger partial charge is 0.255 e.